The van der Waals surface area contributed by atoms with E-state index in [1.165, 1.54) is 11.0 Å². The molecule has 2 aromatic carbocycles. The molecule has 1 aromatic heterocycles. The summed E-state index contributed by atoms with van der Waals surface area (Å²) in [5.74, 6) is -0.0795. The van der Waals surface area contributed by atoms with E-state index in [1.807, 2.05) is 18.2 Å². The Morgan fingerprint density at radius 3 is 2.48 bits per heavy atom. The van der Waals surface area contributed by atoms with E-state index in [0.717, 1.165) is 5.56 Å². The Morgan fingerprint density at radius 2 is 1.76 bits per heavy atom. The van der Waals surface area contributed by atoms with Crippen LogP contribution in [0.2, 0.25) is 5.02 Å². The Morgan fingerprint density at radius 1 is 1.04 bits per heavy atom. The second-order valence-electron chi connectivity index (χ2n) is 5.38. The number of anilines is 1. The third kappa shape index (κ3) is 3.78. The number of carbonyl (C=O) groups is 1. The summed E-state index contributed by atoms with van der Waals surface area (Å²) in [6.07, 6.45) is 0. The van der Waals surface area contributed by atoms with Gasteiger partial charge in [-0.3, -0.25) is 4.90 Å². The molecule has 25 heavy (non-hydrogen) atoms. The molecule has 3 aromatic rings. The van der Waals surface area contributed by atoms with Gasteiger partial charge in [0, 0.05) is 16.1 Å². The predicted octanol–water partition coefficient (Wildman–Crippen LogP) is 4.63. The molecule has 0 saturated carbocycles. The van der Waals surface area contributed by atoms with E-state index in [2.05, 4.69) is 4.98 Å². The number of nitrogens with zero attached hydrogens (tertiary/aromatic N) is 2. The lowest BCUT2D eigenvalue weighted by molar-refractivity contribution is 0.253. The van der Waals surface area contributed by atoms with Gasteiger partial charge in [-0.25, -0.2) is 14.2 Å². The number of hydrogen-bond donors (Lipinski definition) is 1. The van der Waals surface area contributed by atoms with E-state index < -0.39 is 11.8 Å². The number of halogens is 2. The fraction of sp³-hybridized carbons (Fsp3) is 0.0526. The molecule has 0 radical (unpaired) electrons. The topological polar surface area (TPSA) is 59.2 Å². The number of urea groups is 1. The summed E-state index contributed by atoms with van der Waals surface area (Å²) >= 11 is 6.21. The molecule has 0 saturated heterocycles. The molecule has 2 N–H and O–H groups in total. The average Bonchev–Trinajstić information content (AvgIpc) is 2.61. The van der Waals surface area contributed by atoms with Gasteiger partial charge in [0.05, 0.1) is 12.2 Å². The van der Waals surface area contributed by atoms with Crippen LogP contribution in [0.25, 0.3) is 11.3 Å². The van der Waals surface area contributed by atoms with E-state index >= 15 is 0 Å². The van der Waals surface area contributed by atoms with Gasteiger partial charge in [0.1, 0.15) is 11.6 Å². The van der Waals surface area contributed by atoms with Crippen molar-refractivity contribution in [1.29, 1.82) is 0 Å². The third-order valence-corrected chi connectivity index (χ3v) is 4.04. The van der Waals surface area contributed by atoms with E-state index in [9.17, 15) is 9.18 Å². The summed E-state index contributed by atoms with van der Waals surface area (Å²) < 4.78 is 13.9. The molecular formula is C19H15ClFN3O. The lowest BCUT2D eigenvalue weighted by Gasteiger charge is -2.20. The van der Waals surface area contributed by atoms with Gasteiger partial charge in [-0.1, -0.05) is 54.1 Å². The number of pyridine rings is 1. The monoisotopic (exact) mass is 355 g/mol. The normalized spacial score (nSPS) is 10.5. The average molecular weight is 356 g/mol. The van der Waals surface area contributed by atoms with Crippen LogP contribution in [-0.2, 0) is 6.54 Å². The van der Waals surface area contributed by atoms with Crippen molar-refractivity contribution in [3.8, 4) is 11.3 Å². The maximum atomic E-state index is 13.9. The predicted molar refractivity (Wildman–Crippen MR) is 96.8 cm³/mol. The van der Waals surface area contributed by atoms with Crippen LogP contribution in [0.15, 0.2) is 66.7 Å². The molecule has 2 amide bonds. The first kappa shape index (κ1) is 16.9. The van der Waals surface area contributed by atoms with Crippen LogP contribution in [0.3, 0.4) is 0 Å². The molecule has 0 aliphatic carbocycles. The molecule has 0 atom stereocenters. The minimum absolute atomic E-state index is 0.0129. The van der Waals surface area contributed by atoms with Crippen LogP contribution in [0.1, 0.15) is 5.56 Å². The van der Waals surface area contributed by atoms with E-state index in [-0.39, 0.29) is 6.54 Å². The molecule has 0 spiro atoms. The summed E-state index contributed by atoms with van der Waals surface area (Å²) in [5.41, 5.74) is 7.17. The first-order chi connectivity index (χ1) is 12.1. The maximum Gasteiger partial charge on any atom is 0.320 e. The zero-order chi connectivity index (χ0) is 17.8. The van der Waals surface area contributed by atoms with E-state index in [1.54, 1.807) is 42.5 Å². The fourth-order valence-electron chi connectivity index (χ4n) is 2.46. The third-order valence-electron chi connectivity index (χ3n) is 3.71. The summed E-state index contributed by atoms with van der Waals surface area (Å²) in [4.78, 5) is 17.6. The standard InChI is InChI=1S/C19H15ClFN3O/c20-15-8-3-2-7-14(15)17-10-5-11-18(23-17)24(19(22)25)12-13-6-1-4-9-16(13)21/h1-11H,12H2,(H2,22,25). The molecule has 0 fully saturated rings. The zero-order valence-electron chi connectivity index (χ0n) is 13.2. The SMILES string of the molecule is NC(=O)N(Cc1ccccc1F)c1cccc(-c2ccccc2Cl)n1. The van der Waals surface area contributed by atoms with Crippen LogP contribution in [-0.4, -0.2) is 11.0 Å². The molecule has 0 unspecified atom stereocenters. The summed E-state index contributed by atoms with van der Waals surface area (Å²) in [7, 11) is 0. The first-order valence-electron chi connectivity index (χ1n) is 7.58. The molecule has 0 aliphatic heterocycles. The number of benzene rings is 2. The lowest BCUT2D eigenvalue weighted by Crippen LogP contribution is -2.36. The Bertz CT molecular complexity index is 916. The second kappa shape index (κ2) is 7.32. The van der Waals surface area contributed by atoms with Gasteiger partial charge < -0.3 is 5.73 Å². The summed E-state index contributed by atoms with van der Waals surface area (Å²) in [5, 5.41) is 0.548. The molecule has 4 nitrogen and oxygen atoms in total. The van der Waals surface area contributed by atoms with Crippen LogP contribution in [0.4, 0.5) is 15.0 Å². The zero-order valence-corrected chi connectivity index (χ0v) is 13.9. The van der Waals surface area contributed by atoms with Gasteiger partial charge in [0.15, 0.2) is 0 Å². The van der Waals surface area contributed by atoms with Crippen molar-refractivity contribution >= 4 is 23.4 Å². The van der Waals surface area contributed by atoms with Crippen molar-refractivity contribution in [3.05, 3.63) is 83.1 Å². The van der Waals surface area contributed by atoms with Crippen LogP contribution in [0, 0.1) is 5.82 Å². The number of rotatable bonds is 4. The van der Waals surface area contributed by atoms with Crippen molar-refractivity contribution in [1.82, 2.24) is 4.98 Å². The van der Waals surface area contributed by atoms with Gasteiger partial charge in [-0.05, 0) is 24.3 Å². The van der Waals surface area contributed by atoms with Crippen molar-refractivity contribution in [3.63, 3.8) is 0 Å². The molecule has 3 rings (SSSR count). The van der Waals surface area contributed by atoms with E-state index in [4.69, 9.17) is 17.3 Å². The molecule has 6 heteroatoms. The number of hydrogen-bond acceptors (Lipinski definition) is 2. The number of carbonyl (C=O) groups excluding carboxylic acids is 1. The number of amides is 2. The lowest BCUT2D eigenvalue weighted by atomic mass is 10.1. The van der Waals surface area contributed by atoms with Crippen LogP contribution >= 0.6 is 11.6 Å². The minimum Gasteiger partial charge on any atom is -0.351 e. The summed E-state index contributed by atoms with van der Waals surface area (Å²) in [6.45, 7) is -0.0129. The van der Waals surface area contributed by atoms with Gasteiger partial charge >= 0.3 is 6.03 Å². The van der Waals surface area contributed by atoms with Gasteiger partial charge in [0.25, 0.3) is 0 Å². The van der Waals surface area contributed by atoms with Crippen LogP contribution < -0.4 is 10.6 Å². The second-order valence-corrected chi connectivity index (χ2v) is 5.78. The van der Waals surface area contributed by atoms with Crippen molar-refractivity contribution in [2.24, 2.45) is 5.73 Å². The largest absolute Gasteiger partial charge is 0.351 e. The minimum atomic E-state index is -0.716. The smallest absolute Gasteiger partial charge is 0.320 e. The summed E-state index contributed by atoms with van der Waals surface area (Å²) in [6, 6.07) is 17.9. The molecule has 0 aliphatic rings. The highest BCUT2D eigenvalue weighted by Gasteiger charge is 2.17. The number of primary amides is 1. The van der Waals surface area contributed by atoms with Crippen LogP contribution in [0.5, 0.6) is 0 Å². The highest BCUT2D eigenvalue weighted by molar-refractivity contribution is 6.33. The highest BCUT2D eigenvalue weighted by Crippen LogP contribution is 2.28. The molecule has 0 bridgehead atoms. The van der Waals surface area contributed by atoms with Crippen molar-refractivity contribution in [2.75, 3.05) is 4.90 Å². The number of nitrogens with two attached hydrogens (primary N) is 1. The quantitative estimate of drug-likeness (QED) is 0.742. The molecular weight excluding hydrogens is 341 g/mol. The van der Waals surface area contributed by atoms with E-state index in [0.29, 0.717) is 22.1 Å². The first-order valence-corrected chi connectivity index (χ1v) is 7.96. The van der Waals surface area contributed by atoms with Crippen molar-refractivity contribution in [2.45, 2.75) is 6.54 Å². The Hall–Kier alpha value is -2.92. The van der Waals surface area contributed by atoms with Crippen molar-refractivity contribution < 1.29 is 9.18 Å². The maximum absolute atomic E-state index is 13.9. The Kier molecular flexibility index (Phi) is 4.95. The van der Waals surface area contributed by atoms with Gasteiger partial charge in [0.2, 0.25) is 0 Å². The fourth-order valence-corrected chi connectivity index (χ4v) is 2.69. The highest BCUT2D eigenvalue weighted by atomic mass is 35.5. The molecule has 126 valence electrons. The number of aromatic nitrogens is 1. The Labute approximate surface area is 149 Å². The van der Waals surface area contributed by atoms with Gasteiger partial charge in [-0.15, -0.1) is 0 Å². The Balaban J connectivity index is 1.98. The van der Waals surface area contributed by atoms with Gasteiger partial charge in [-0.2, -0.15) is 0 Å². The molecule has 1 heterocycles.